The van der Waals surface area contributed by atoms with Gasteiger partial charge in [-0.3, -0.25) is 9.59 Å². The minimum absolute atomic E-state index is 0.0175. The predicted octanol–water partition coefficient (Wildman–Crippen LogP) is 2.98. The molecule has 0 saturated carbocycles. The number of benzene rings is 2. The summed E-state index contributed by atoms with van der Waals surface area (Å²) in [5.41, 5.74) is 2.75. The van der Waals surface area contributed by atoms with Crippen LogP contribution >= 0.6 is 0 Å². The number of carbonyl (C=O) groups excluding carboxylic acids is 2. The fraction of sp³-hybridized carbons (Fsp3) is 0.364. The van der Waals surface area contributed by atoms with Crippen molar-refractivity contribution >= 4 is 11.8 Å². The van der Waals surface area contributed by atoms with E-state index in [1.807, 2.05) is 36.1 Å². The third-order valence-corrected chi connectivity index (χ3v) is 5.03. The van der Waals surface area contributed by atoms with Gasteiger partial charge >= 0.3 is 0 Å². The Morgan fingerprint density at radius 1 is 0.889 bits per heavy atom. The molecule has 4 nitrogen and oxygen atoms in total. The fourth-order valence-electron chi connectivity index (χ4n) is 3.30. The second kappa shape index (κ2) is 8.80. The molecule has 142 valence electrons. The van der Waals surface area contributed by atoms with Gasteiger partial charge in [-0.1, -0.05) is 48.0 Å². The molecule has 3 rings (SSSR count). The van der Waals surface area contributed by atoms with Crippen LogP contribution < -0.4 is 0 Å². The van der Waals surface area contributed by atoms with Crippen molar-refractivity contribution in [3.63, 3.8) is 0 Å². The Labute approximate surface area is 159 Å². The zero-order chi connectivity index (χ0) is 19.2. The maximum Gasteiger partial charge on any atom is 0.227 e. The number of rotatable bonds is 5. The van der Waals surface area contributed by atoms with Gasteiger partial charge in [-0.2, -0.15) is 0 Å². The summed E-state index contributed by atoms with van der Waals surface area (Å²) in [4.78, 5) is 28.4. The molecule has 1 fully saturated rings. The van der Waals surface area contributed by atoms with Crippen molar-refractivity contribution in [2.24, 2.45) is 0 Å². The molecule has 0 N–H and O–H groups in total. The van der Waals surface area contributed by atoms with Crippen LogP contribution in [0.2, 0.25) is 0 Å². The van der Waals surface area contributed by atoms with Crippen molar-refractivity contribution < 1.29 is 14.0 Å². The van der Waals surface area contributed by atoms with E-state index in [0.29, 0.717) is 44.6 Å². The highest BCUT2D eigenvalue weighted by molar-refractivity contribution is 5.80. The van der Waals surface area contributed by atoms with E-state index < -0.39 is 0 Å². The average Bonchev–Trinajstić information content (AvgIpc) is 2.69. The summed E-state index contributed by atoms with van der Waals surface area (Å²) in [6.45, 7) is 4.20. The molecule has 0 aromatic heterocycles. The van der Waals surface area contributed by atoms with Gasteiger partial charge in [0.1, 0.15) is 5.82 Å². The zero-order valence-electron chi connectivity index (χ0n) is 15.7. The van der Waals surface area contributed by atoms with Crippen LogP contribution in [0.5, 0.6) is 0 Å². The van der Waals surface area contributed by atoms with Crippen molar-refractivity contribution in [1.29, 1.82) is 0 Å². The van der Waals surface area contributed by atoms with E-state index in [0.717, 1.165) is 5.56 Å². The number of aryl methyl sites for hydroxylation is 2. The lowest BCUT2D eigenvalue weighted by atomic mass is 10.1. The first-order valence-corrected chi connectivity index (χ1v) is 9.37. The number of halogens is 1. The number of amides is 2. The van der Waals surface area contributed by atoms with Crippen LogP contribution in [0.25, 0.3) is 0 Å². The standard InChI is InChI=1S/C22H25FN2O2/c1-17-6-8-18(9-7-17)16-22(27)25-14-12-24(13-15-25)21(26)11-10-19-4-2-3-5-20(19)23/h2-9H,10-16H2,1H3. The van der Waals surface area contributed by atoms with E-state index in [-0.39, 0.29) is 24.1 Å². The molecule has 2 amide bonds. The van der Waals surface area contributed by atoms with Crippen molar-refractivity contribution in [2.75, 3.05) is 26.2 Å². The summed E-state index contributed by atoms with van der Waals surface area (Å²) in [5, 5.41) is 0. The normalized spacial score (nSPS) is 14.3. The minimum Gasteiger partial charge on any atom is -0.339 e. The summed E-state index contributed by atoms with van der Waals surface area (Å²) in [7, 11) is 0. The first-order valence-electron chi connectivity index (χ1n) is 9.37. The Hall–Kier alpha value is -2.69. The molecule has 2 aromatic rings. The topological polar surface area (TPSA) is 40.6 Å². The highest BCUT2D eigenvalue weighted by Gasteiger charge is 2.24. The number of hydrogen-bond donors (Lipinski definition) is 0. The molecule has 1 saturated heterocycles. The maximum absolute atomic E-state index is 13.7. The van der Waals surface area contributed by atoms with Gasteiger partial charge in [0.2, 0.25) is 11.8 Å². The molecule has 0 bridgehead atoms. The molecule has 0 spiro atoms. The van der Waals surface area contributed by atoms with Crippen LogP contribution in [0.4, 0.5) is 4.39 Å². The van der Waals surface area contributed by atoms with E-state index in [1.54, 1.807) is 23.1 Å². The molecule has 2 aromatic carbocycles. The summed E-state index contributed by atoms with van der Waals surface area (Å²) in [5.74, 6) is -0.155. The largest absolute Gasteiger partial charge is 0.339 e. The molecule has 0 radical (unpaired) electrons. The van der Waals surface area contributed by atoms with Gasteiger partial charge in [0.25, 0.3) is 0 Å². The van der Waals surface area contributed by atoms with Gasteiger partial charge in [-0.25, -0.2) is 4.39 Å². The minimum atomic E-state index is -0.267. The molecule has 1 aliphatic rings. The van der Waals surface area contributed by atoms with E-state index in [9.17, 15) is 14.0 Å². The SMILES string of the molecule is Cc1ccc(CC(=O)N2CCN(C(=O)CCc3ccccc3F)CC2)cc1. The van der Waals surface area contributed by atoms with Gasteiger partial charge < -0.3 is 9.80 Å². The monoisotopic (exact) mass is 368 g/mol. The van der Waals surface area contributed by atoms with Gasteiger partial charge in [0.15, 0.2) is 0 Å². The molecule has 27 heavy (non-hydrogen) atoms. The second-order valence-corrected chi connectivity index (χ2v) is 7.02. The molecule has 0 aliphatic carbocycles. The molecular weight excluding hydrogens is 343 g/mol. The van der Waals surface area contributed by atoms with Crippen LogP contribution in [0.3, 0.4) is 0 Å². The first-order chi connectivity index (χ1) is 13.0. The molecular formula is C22H25FN2O2. The third-order valence-electron chi connectivity index (χ3n) is 5.03. The van der Waals surface area contributed by atoms with E-state index >= 15 is 0 Å². The quantitative estimate of drug-likeness (QED) is 0.814. The molecule has 5 heteroatoms. The van der Waals surface area contributed by atoms with Gasteiger partial charge in [0, 0.05) is 32.6 Å². The van der Waals surface area contributed by atoms with Crippen LogP contribution in [-0.4, -0.2) is 47.8 Å². The number of piperazine rings is 1. The van der Waals surface area contributed by atoms with Crippen LogP contribution in [0.15, 0.2) is 48.5 Å². The molecule has 1 aliphatic heterocycles. The lowest BCUT2D eigenvalue weighted by molar-refractivity contribution is -0.139. The first kappa shape index (κ1) is 19.1. The third kappa shape index (κ3) is 5.16. The van der Waals surface area contributed by atoms with Crippen LogP contribution in [-0.2, 0) is 22.4 Å². The summed E-state index contributed by atoms with van der Waals surface area (Å²) in [6.07, 6.45) is 1.08. The lowest BCUT2D eigenvalue weighted by Crippen LogP contribution is -2.51. The highest BCUT2D eigenvalue weighted by atomic mass is 19.1. The molecule has 0 unspecified atom stereocenters. The van der Waals surface area contributed by atoms with E-state index in [1.165, 1.54) is 11.6 Å². The van der Waals surface area contributed by atoms with E-state index in [2.05, 4.69) is 0 Å². The number of nitrogens with zero attached hydrogens (tertiary/aromatic N) is 2. The van der Waals surface area contributed by atoms with Crippen LogP contribution in [0, 0.1) is 12.7 Å². The smallest absolute Gasteiger partial charge is 0.227 e. The van der Waals surface area contributed by atoms with Gasteiger partial charge in [-0.15, -0.1) is 0 Å². The van der Waals surface area contributed by atoms with Crippen LogP contribution in [0.1, 0.15) is 23.1 Å². The summed E-state index contributed by atoms with van der Waals surface area (Å²) >= 11 is 0. The number of carbonyl (C=O) groups is 2. The molecule has 0 atom stereocenters. The van der Waals surface area contributed by atoms with Gasteiger partial charge in [-0.05, 0) is 30.5 Å². The summed E-state index contributed by atoms with van der Waals surface area (Å²) in [6, 6.07) is 14.5. The Morgan fingerprint density at radius 2 is 1.48 bits per heavy atom. The Bertz CT molecular complexity index is 796. The zero-order valence-corrected chi connectivity index (χ0v) is 15.7. The van der Waals surface area contributed by atoms with Crippen molar-refractivity contribution in [1.82, 2.24) is 9.80 Å². The highest BCUT2D eigenvalue weighted by Crippen LogP contribution is 2.12. The van der Waals surface area contributed by atoms with E-state index in [4.69, 9.17) is 0 Å². The summed E-state index contributed by atoms with van der Waals surface area (Å²) < 4.78 is 13.7. The molecule has 1 heterocycles. The fourth-order valence-corrected chi connectivity index (χ4v) is 3.30. The Kier molecular flexibility index (Phi) is 6.22. The Morgan fingerprint density at radius 3 is 2.11 bits per heavy atom. The lowest BCUT2D eigenvalue weighted by Gasteiger charge is -2.35. The van der Waals surface area contributed by atoms with Crippen molar-refractivity contribution in [2.45, 2.75) is 26.2 Å². The average molecular weight is 368 g/mol. The van der Waals surface area contributed by atoms with Crippen molar-refractivity contribution in [3.8, 4) is 0 Å². The van der Waals surface area contributed by atoms with Gasteiger partial charge in [0.05, 0.1) is 6.42 Å². The maximum atomic E-state index is 13.7. The Balaban J connectivity index is 1.45. The second-order valence-electron chi connectivity index (χ2n) is 7.02. The van der Waals surface area contributed by atoms with Crippen molar-refractivity contribution in [3.05, 3.63) is 71.0 Å². The predicted molar refractivity (Wildman–Crippen MR) is 103 cm³/mol. The number of hydrogen-bond acceptors (Lipinski definition) is 2.